The molecule has 0 unspecified atom stereocenters. The maximum absolute atomic E-state index is 6.03. The van der Waals surface area contributed by atoms with Crippen LogP contribution < -0.4 is 10.5 Å². The van der Waals surface area contributed by atoms with Crippen LogP contribution >= 0.6 is 15.9 Å². The molecular formula is C16H17BrN4O. The van der Waals surface area contributed by atoms with E-state index in [0.29, 0.717) is 23.8 Å². The minimum absolute atomic E-state index is 0.592. The number of hydrogen-bond donors (Lipinski definition) is 1. The lowest BCUT2D eigenvalue weighted by atomic mass is 10.1. The molecule has 0 aliphatic carbocycles. The molecule has 0 atom stereocenters. The summed E-state index contributed by atoms with van der Waals surface area (Å²) in [5, 5.41) is 0. The molecule has 22 heavy (non-hydrogen) atoms. The molecule has 0 radical (unpaired) electrons. The van der Waals surface area contributed by atoms with Crippen LogP contribution in [0.5, 0.6) is 5.75 Å². The fraction of sp³-hybridized carbons (Fsp3) is 0.250. The van der Waals surface area contributed by atoms with Crippen LogP contribution in [0.1, 0.15) is 18.3 Å². The lowest BCUT2D eigenvalue weighted by Gasteiger charge is -2.07. The Morgan fingerprint density at radius 1 is 1.27 bits per heavy atom. The molecule has 6 heteroatoms. The number of anilines is 1. The van der Waals surface area contributed by atoms with Crippen molar-refractivity contribution in [1.29, 1.82) is 0 Å². The fourth-order valence-corrected chi connectivity index (χ4v) is 2.68. The van der Waals surface area contributed by atoms with E-state index in [-0.39, 0.29) is 0 Å². The van der Waals surface area contributed by atoms with E-state index >= 15 is 0 Å². The third-order valence-electron chi connectivity index (χ3n) is 3.56. The standard InChI is InChI=1S/C16H17BrN4O/c1-4-22-14-6-5-11(7-12(14)18)13-8-21-10(3)15(17)9(2)19-16(21)20-13/h5-8H,4,18H2,1-3H3. The summed E-state index contributed by atoms with van der Waals surface area (Å²) >= 11 is 3.56. The quantitative estimate of drug-likeness (QED) is 0.722. The van der Waals surface area contributed by atoms with Crippen molar-refractivity contribution in [3.8, 4) is 17.0 Å². The molecule has 0 amide bonds. The fourth-order valence-electron chi connectivity index (χ4n) is 2.40. The Balaban J connectivity index is 2.11. The minimum Gasteiger partial charge on any atom is -0.492 e. The van der Waals surface area contributed by atoms with E-state index in [2.05, 4.69) is 25.9 Å². The van der Waals surface area contributed by atoms with E-state index in [0.717, 1.165) is 27.1 Å². The molecule has 2 heterocycles. The van der Waals surface area contributed by atoms with Gasteiger partial charge in [-0.3, -0.25) is 4.40 Å². The van der Waals surface area contributed by atoms with E-state index in [1.807, 2.05) is 49.6 Å². The van der Waals surface area contributed by atoms with Gasteiger partial charge in [-0.25, -0.2) is 9.97 Å². The number of nitrogens with zero attached hydrogens (tertiary/aromatic N) is 3. The molecule has 0 saturated carbocycles. The normalized spacial score (nSPS) is 11.1. The smallest absolute Gasteiger partial charge is 0.234 e. The summed E-state index contributed by atoms with van der Waals surface area (Å²) < 4.78 is 8.43. The summed E-state index contributed by atoms with van der Waals surface area (Å²) in [4.78, 5) is 9.10. The lowest BCUT2D eigenvalue weighted by Crippen LogP contribution is -1.97. The topological polar surface area (TPSA) is 65.4 Å². The molecule has 3 rings (SSSR count). The summed E-state index contributed by atoms with van der Waals surface area (Å²) in [6, 6.07) is 5.71. The van der Waals surface area contributed by atoms with Crippen LogP contribution in [0.25, 0.3) is 17.0 Å². The highest BCUT2D eigenvalue weighted by Gasteiger charge is 2.12. The average molecular weight is 361 g/mol. The first-order valence-corrected chi connectivity index (χ1v) is 7.85. The molecule has 1 aromatic carbocycles. The number of aryl methyl sites for hydroxylation is 2. The summed E-state index contributed by atoms with van der Waals surface area (Å²) in [7, 11) is 0. The lowest BCUT2D eigenvalue weighted by molar-refractivity contribution is 0.342. The highest BCUT2D eigenvalue weighted by atomic mass is 79.9. The van der Waals surface area contributed by atoms with Gasteiger partial charge in [0.15, 0.2) is 0 Å². The number of aromatic nitrogens is 3. The van der Waals surface area contributed by atoms with E-state index in [4.69, 9.17) is 10.5 Å². The van der Waals surface area contributed by atoms with Gasteiger partial charge in [-0.2, -0.15) is 0 Å². The number of halogens is 1. The molecule has 0 spiro atoms. The van der Waals surface area contributed by atoms with Crippen LogP contribution in [0.4, 0.5) is 5.69 Å². The Morgan fingerprint density at radius 2 is 2.05 bits per heavy atom. The van der Waals surface area contributed by atoms with Gasteiger partial charge in [-0.05, 0) is 54.9 Å². The van der Waals surface area contributed by atoms with Crippen molar-refractivity contribution >= 4 is 27.4 Å². The van der Waals surface area contributed by atoms with E-state index < -0.39 is 0 Å². The molecule has 0 aliphatic heterocycles. The Hall–Kier alpha value is -2.08. The van der Waals surface area contributed by atoms with Crippen LogP contribution in [0.15, 0.2) is 28.9 Å². The first-order chi connectivity index (χ1) is 10.5. The predicted molar refractivity (Wildman–Crippen MR) is 91.2 cm³/mol. The highest BCUT2D eigenvalue weighted by molar-refractivity contribution is 9.10. The molecule has 0 aliphatic rings. The van der Waals surface area contributed by atoms with Gasteiger partial charge in [0.1, 0.15) is 5.75 Å². The number of nitrogen functional groups attached to an aromatic ring is 1. The third kappa shape index (κ3) is 2.43. The van der Waals surface area contributed by atoms with Gasteiger partial charge in [0.05, 0.1) is 28.2 Å². The van der Waals surface area contributed by atoms with E-state index in [1.165, 1.54) is 0 Å². The summed E-state index contributed by atoms with van der Waals surface area (Å²) in [5.41, 5.74) is 10.4. The van der Waals surface area contributed by atoms with Crippen molar-refractivity contribution in [3.63, 3.8) is 0 Å². The first-order valence-electron chi connectivity index (χ1n) is 7.05. The zero-order chi connectivity index (χ0) is 15.9. The van der Waals surface area contributed by atoms with Gasteiger partial charge in [-0.1, -0.05) is 0 Å². The third-order valence-corrected chi connectivity index (χ3v) is 4.70. The second-order valence-electron chi connectivity index (χ2n) is 5.08. The van der Waals surface area contributed by atoms with Crippen LogP contribution in [-0.4, -0.2) is 21.0 Å². The number of benzene rings is 1. The van der Waals surface area contributed by atoms with Gasteiger partial charge in [0.2, 0.25) is 5.78 Å². The number of imidazole rings is 1. The average Bonchev–Trinajstić information content (AvgIpc) is 2.91. The Labute approximate surface area is 137 Å². The van der Waals surface area contributed by atoms with Crippen molar-refractivity contribution < 1.29 is 4.74 Å². The number of ether oxygens (including phenoxy) is 1. The van der Waals surface area contributed by atoms with Gasteiger partial charge in [-0.15, -0.1) is 0 Å². The largest absolute Gasteiger partial charge is 0.492 e. The predicted octanol–water partition coefficient (Wildman–Crippen LogP) is 3.76. The second-order valence-corrected chi connectivity index (χ2v) is 5.87. The monoisotopic (exact) mass is 360 g/mol. The van der Waals surface area contributed by atoms with Crippen LogP contribution in [-0.2, 0) is 0 Å². The Morgan fingerprint density at radius 3 is 2.73 bits per heavy atom. The molecule has 2 aromatic heterocycles. The Bertz CT molecular complexity index is 857. The molecule has 0 bridgehead atoms. The second kappa shape index (κ2) is 5.61. The molecule has 2 N–H and O–H groups in total. The van der Waals surface area contributed by atoms with Crippen LogP contribution in [0.3, 0.4) is 0 Å². The maximum atomic E-state index is 6.03. The van der Waals surface area contributed by atoms with Gasteiger partial charge in [0.25, 0.3) is 0 Å². The number of rotatable bonds is 3. The summed E-state index contributed by atoms with van der Waals surface area (Å²) in [5.74, 6) is 1.38. The minimum atomic E-state index is 0.592. The zero-order valence-electron chi connectivity index (χ0n) is 12.7. The van der Waals surface area contributed by atoms with Crippen molar-refractivity contribution in [2.24, 2.45) is 0 Å². The highest BCUT2D eigenvalue weighted by Crippen LogP contribution is 2.29. The van der Waals surface area contributed by atoms with Crippen molar-refractivity contribution in [2.45, 2.75) is 20.8 Å². The molecule has 114 valence electrons. The first kappa shape index (κ1) is 14.8. The molecule has 0 fully saturated rings. The van der Waals surface area contributed by atoms with Gasteiger partial charge in [0, 0.05) is 17.5 Å². The SMILES string of the molecule is CCOc1ccc(-c2cn3c(C)c(Br)c(C)nc3n2)cc1N. The molecular weight excluding hydrogens is 344 g/mol. The number of fused-ring (bicyclic) bond motifs is 1. The van der Waals surface area contributed by atoms with Gasteiger partial charge < -0.3 is 10.5 Å². The molecule has 0 saturated heterocycles. The number of nitrogens with two attached hydrogens (primary N) is 1. The summed E-state index contributed by atoms with van der Waals surface area (Å²) in [6.07, 6.45) is 1.97. The van der Waals surface area contributed by atoms with Gasteiger partial charge >= 0.3 is 0 Å². The van der Waals surface area contributed by atoms with Crippen molar-refractivity contribution in [3.05, 3.63) is 40.3 Å². The van der Waals surface area contributed by atoms with Crippen LogP contribution in [0.2, 0.25) is 0 Å². The van der Waals surface area contributed by atoms with Crippen LogP contribution in [0, 0.1) is 13.8 Å². The van der Waals surface area contributed by atoms with E-state index in [1.54, 1.807) is 0 Å². The van der Waals surface area contributed by atoms with Crippen molar-refractivity contribution in [1.82, 2.24) is 14.4 Å². The molecule has 5 nitrogen and oxygen atoms in total. The van der Waals surface area contributed by atoms with Crippen molar-refractivity contribution in [2.75, 3.05) is 12.3 Å². The molecule has 3 aromatic rings. The van der Waals surface area contributed by atoms with E-state index in [9.17, 15) is 0 Å². The summed E-state index contributed by atoms with van der Waals surface area (Å²) in [6.45, 7) is 6.52. The maximum Gasteiger partial charge on any atom is 0.234 e. The number of hydrogen-bond acceptors (Lipinski definition) is 4. The zero-order valence-corrected chi connectivity index (χ0v) is 14.3. The Kier molecular flexibility index (Phi) is 3.78.